The number of anilines is 6. The van der Waals surface area contributed by atoms with Gasteiger partial charge in [0.05, 0.1) is 5.69 Å². The van der Waals surface area contributed by atoms with Crippen LogP contribution in [-0.4, -0.2) is 0 Å². The fourth-order valence-electron chi connectivity index (χ4n) is 7.73. The molecule has 3 nitrogen and oxygen atoms in total. The third-order valence-electron chi connectivity index (χ3n) is 9.97. The first-order valence-corrected chi connectivity index (χ1v) is 17.4. The topological polar surface area (TPSA) is 19.6 Å². The van der Waals surface area contributed by atoms with Crippen LogP contribution in [0.15, 0.2) is 199 Å². The average molecular weight is 653 g/mol. The van der Waals surface area contributed by atoms with Gasteiger partial charge in [-0.25, -0.2) is 0 Å². The molecule has 1 aromatic heterocycles. The summed E-state index contributed by atoms with van der Waals surface area (Å²) in [6.07, 6.45) is 0. The summed E-state index contributed by atoms with van der Waals surface area (Å²) in [7, 11) is 0. The number of nitrogens with zero attached hydrogens (tertiary/aromatic N) is 2. The Morgan fingerprint density at radius 1 is 0.314 bits per heavy atom. The predicted molar refractivity (Wildman–Crippen MR) is 216 cm³/mol. The summed E-state index contributed by atoms with van der Waals surface area (Å²) in [6, 6.07) is 69.1. The van der Waals surface area contributed by atoms with Gasteiger partial charge in [-0.1, -0.05) is 127 Å². The van der Waals surface area contributed by atoms with E-state index in [4.69, 9.17) is 4.42 Å². The maximum Gasteiger partial charge on any atom is 0.143 e. The normalized spacial score (nSPS) is 11.5. The lowest BCUT2D eigenvalue weighted by Gasteiger charge is -2.30. The van der Waals surface area contributed by atoms with Gasteiger partial charge < -0.3 is 14.2 Å². The van der Waals surface area contributed by atoms with E-state index in [1.165, 1.54) is 26.9 Å². The van der Waals surface area contributed by atoms with E-state index < -0.39 is 0 Å². The van der Waals surface area contributed by atoms with Crippen LogP contribution in [0.2, 0.25) is 0 Å². The molecule has 0 atom stereocenters. The predicted octanol–water partition coefficient (Wildman–Crippen LogP) is 14.0. The van der Waals surface area contributed by atoms with E-state index in [0.717, 1.165) is 61.4 Å². The second-order valence-electron chi connectivity index (χ2n) is 12.9. The summed E-state index contributed by atoms with van der Waals surface area (Å²) in [5, 5.41) is 9.34. The molecule has 0 unspecified atom stereocenters. The Balaban J connectivity index is 1.25. The van der Waals surface area contributed by atoms with Crippen LogP contribution in [0.5, 0.6) is 0 Å². The second-order valence-corrected chi connectivity index (χ2v) is 12.9. The molecule has 10 rings (SSSR count). The minimum atomic E-state index is 0.899. The summed E-state index contributed by atoms with van der Waals surface area (Å²) in [4.78, 5) is 4.72. The minimum Gasteiger partial charge on any atom is -0.455 e. The third-order valence-corrected chi connectivity index (χ3v) is 9.97. The van der Waals surface area contributed by atoms with Gasteiger partial charge in [0.2, 0.25) is 0 Å². The van der Waals surface area contributed by atoms with Crippen LogP contribution in [0, 0.1) is 0 Å². The molecule has 0 radical (unpaired) electrons. The molecule has 1 heterocycles. The van der Waals surface area contributed by atoms with Crippen molar-refractivity contribution >= 4 is 88.4 Å². The molecule has 0 aliphatic carbocycles. The molecule has 3 heteroatoms. The maximum atomic E-state index is 6.61. The number of hydrogen-bond donors (Lipinski definition) is 0. The van der Waals surface area contributed by atoms with Crippen LogP contribution in [-0.2, 0) is 0 Å². The number of para-hydroxylation sites is 3. The molecule has 51 heavy (non-hydrogen) atoms. The second kappa shape index (κ2) is 11.9. The van der Waals surface area contributed by atoms with Crippen LogP contribution >= 0.6 is 0 Å². The highest BCUT2D eigenvalue weighted by molar-refractivity contribution is 6.30. The Morgan fingerprint density at radius 3 is 1.61 bits per heavy atom. The number of rotatable bonds is 6. The van der Waals surface area contributed by atoms with Gasteiger partial charge in [0.15, 0.2) is 0 Å². The molecular weight excluding hydrogens is 621 g/mol. The Labute approximate surface area is 295 Å². The van der Waals surface area contributed by atoms with Gasteiger partial charge in [-0.3, -0.25) is 0 Å². The molecule has 10 aromatic rings. The summed E-state index contributed by atoms with van der Waals surface area (Å²) >= 11 is 0. The summed E-state index contributed by atoms with van der Waals surface area (Å²) < 4.78 is 6.61. The van der Waals surface area contributed by atoms with E-state index in [2.05, 4.69) is 198 Å². The standard InChI is InChI=1S/C48H32N2O/c1-3-17-34(18-4-1)49(35-19-5-2-6-20-35)36-21-14-22-37(31-36)50(45-27-13-16-33-15-7-8-23-39(33)45)38-29-30-41-40-24-9-10-25-42(40)48-47(44(41)32-38)43-26-11-12-28-46(43)51-48/h1-32H. The van der Waals surface area contributed by atoms with E-state index in [0.29, 0.717) is 0 Å². The van der Waals surface area contributed by atoms with Crippen molar-refractivity contribution in [2.75, 3.05) is 9.80 Å². The lowest BCUT2D eigenvalue weighted by molar-refractivity contribution is 0.673. The van der Waals surface area contributed by atoms with Crippen molar-refractivity contribution in [2.45, 2.75) is 0 Å². The van der Waals surface area contributed by atoms with Gasteiger partial charge >= 0.3 is 0 Å². The molecule has 0 N–H and O–H groups in total. The molecule has 0 fully saturated rings. The lowest BCUT2D eigenvalue weighted by atomic mass is 9.96. The molecule has 0 aliphatic rings. The van der Waals surface area contributed by atoms with E-state index >= 15 is 0 Å². The zero-order chi connectivity index (χ0) is 33.7. The molecule has 0 saturated carbocycles. The molecule has 9 aromatic carbocycles. The van der Waals surface area contributed by atoms with E-state index in [-0.39, 0.29) is 0 Å². The van der Waals surface area contributed by atoms with Gasteiger partial charge in [-0.15, -0.1) is 0 Å². The summed E-state index contributed by atoms with van der Waals surface area (Å²) in [5.74, 6) is 0. The van der Waals surface area contributed by atoms with Crippen molar-refractivity contribution in [1.82, 2.24) is 0 Å². The van der Waals surface area contributed by atoms with Gasteiger partial charge in [0.25, 0.3) is 0 Å². The number of hydrogen-bond acceptors (Lipinski definition) is 3. The Kier molecular flexibility index (Phi) is 6.81. The van der Waals surface area contributed by atoms with Crippen molar-refractivity contribution in [2.24, 2.45) is 0 Å². The number of furan rings is 1. The minimum absolute atomic E-state index is 0.899. The molecule has 0 aliphatic heterocycles. The molecule has 0 amide bonds. The SMILES string of the molecule is c1ccc(N(c2ccccc2)c2cccc(N(c3ccc4c5ccccc5c5oc6ccccc6c5c4c3)c3cccc4ccccc34)c2)cc1. The van der Waals surface area contributed by atoms with Gasteiger partial charge in [-0.2, -0.15) is 0 Å². The van der Waals surface area contributed by atoms with Crippen LogP contribution in [0.3, 0.4) is 0 Å². The average Bonchev–Trinajstić information content (AvgIpc) is 3.60. The highest BCUT2D eigenvalue weighted by Gasteiger charge is 2.21. The van der Waals surface area contributed by atoms with Crippen molar-refractivity contribution in [3.8, 4) is 0 Å². The van der Waals surface area contributed by atoms with Crippen LogP contribution in [0.25, 0.3) is 54.3 Å². The Morgan fingerprint density at radius 2 is 0.843 bits per heavy atom. The highest BCUT2D eigenvalue weighted by Crippen LogP contribution is 2.46. The Bertz CT molecular complexity index is 2830. The van der Waals surface area contributed by atoms with Gasteiger partial charge in [0.1, 0.15) is 11.2 Å². The van der Waals surface area contributed by atoms with Gasteiger partial charge in [-0.05, 0) is 88.3 Å². The first kappa shape index (κ1) is 29.1. The van der Waals surface area contributed by atoms with E-state index in [9.17, 15) is 0 Å². The molecule has 0 bridgehead atoms. The highest BCUT2D eigenvalue weighted by atomic mass is 16.3. The largest absolute Gasteiger partial charge is 0.455 e. The van der Waals surface area contributed by atoms with Crippen molar-refractivity contribution in [3.63, 3.8) is 0 Å². The van der Waals surface area contributed by atoms with Crippen molar-refractivity contribution < 1.29 is 4.42 Å². The molecular formula is C48H32N2O. The summed E-state index contributed by atoms with van der Waals surface area (Å²) in [6.45, 7) is 0. The smallest absolute Gasteiger partial charge is 0.143 e. The number of fused-ring (bicyclic) bond motifs is 9. The quantitative estimate of drug-likeness (QED) is 0.167. The number of benzene rings is 9. The zero-order valence-electron chi connectivity index (χ0n) is 27.8. The fraction of sp³-hybridized carbons (Fsp3) is 0. The van der Waals surface area contributed by atoms with Crippen LogP contribution < -0.4 is 9.80 Å². The van der Waals surface area contributed by atoms with Crippen molar-refractivity contribution in [1.29, 1.82) is 0 Å². The monoisotopic (exact) mass is 652 g/mol. The lowest BCUT2D eigenvalue weighted by Crippen LogP contribution is -2.13. The first-order chi connectivity index (χ1) is 25.3. The Hall–Kier alpha value is -6.84. The third kappa shape index (κ3) is 4.82. The zero-order valence-corrected chi connectivity index (χ0v) is 27.8. The summed E-state index contributed by atoms with van der Waals surface area (Å²) in [5.41, 5.74) is 8.36. The van der Waals surface area contributed by atoms with Crippen molar-refractivity contribution in [3.05, 3.63) is 194 Å². The van der Waals surface area contributed by atoms with Gasteiger partial charge in [0, 0.05) is 50.0 Å². The first-order valence-electron chi connectivity index (χ1n) is 17.4. The van der Waals surface area contributed by atoms with E-state index in [1.54, 1.807) is 0 Å². The van der Waals surface area contributed by atoms with E-state index in [1.807, 2.05) is 6.07 Å². The van der Waals surface area contributed by atoms with Crippen LogP contribution in [0.1, 0.15) is 0 Å². The molecule has 240 valence electrons. The maximum absolute atomic E-state index is 6.61. The molecule has 0 spiro atoms. The van der Waals surface area contributed by atoms with Crippen LogP contribution in [0.4, 0.5) is 34.1 Å². The molecule has 0 saturated heterocycles. The fourth-order valence-corrected chi connectivity index (χ4v) is 7.73.